The highest BCUT2D eigenvalue weighted by Gasteiger charge is 2.46. The van der Waals surface area contributed by atoms with E-state index in [0.717, 1.165) is 9.96 Å². The van der Waals surface area contributed by atoms with Gasteiger partial charge in [0, 0.05) is 37.6 Å². The Morgan fingerprint density at radius 2 is 1.82 bits per heavy atom. The van der Waals surface area contributed by atoms with Crippen LogP contribution in [0.1, 0.15) is 66.2 Å². The van der Waals surface area contributed by atoms with Crippen LogP contribution in [-0.2, 0) is 32.3 Å². The fraction of sp³-hybridized carbons (Fsp3) is 0.471. The van der Waals surface area contributed by atoms with Crippen molar-refractivity contribution < 1.29 is 50.8 Å². The van der Waals surface area contributed by atoms with Crippen molar-refractivity contribution >= 4 is 21.6 Å². The van der Waals surface area contributed by atoms with E-state index in [9.17, 15) is 36.6 Å². The van der Waals surface area contributed by atoms with E-state index in [1.54, 1.807) is 25.1 Å². The lowest BCUT2D eigenvalue weighted by Gasteiger charge is -2.38. The number of carboxylic acid groups (broad SMARTS) is 1. The molecule has 2 aliphatic rings. The Morgan fingerprint density at radius 1 is 1.10 bits per heavy atom. The van der Waals surface area contributed by atoms with Gasteiger partial charge in [-0.15, -0.1) is 10.2 Å². The lowest BCUT2D eigenvalue weighted by Crippen LogP contribution is -2.50. The van der Waals surface area contributed by atoms with Gasteiger partial charge in [-0.1, -0.05) is 18.2 Å². The summed E-state index contributed by atoms with van der Waals surface area (Å²) >= 11 is 0. The standard InChI is InChI=1S/C34H38F3N5O8S/c1-20-5-6-22(27(32(3,4)31(44)45)24-9-12-42-28(21(24)2)39-40-30(42)34(35,36)37)17-23(20)18-41-19-33(10-14-48-15-11-33)50-29-25(51(41,46)47)7-8-26(38-29)49-16-13-43/h5-9,12,17,27,43H,10-11,13-16,18-19H2,1-4H3,(H,44,45)/t27-/m0/s1. The van der Waals surface area contributed by atoms with Gasteiger partial charge in [0.15, 0.2) is 5.65 Å². The molecule has 1 fully saturated rings. The second-order valence-corrected chi connectivity index (χ2v) is 15.4. The number of sulfonamides is 1. The fourth-order valence-electron chi connectivity index (χ4n) is 6.78. The number of pyridine rings is 2. The quantitative estimate of drug-likeness (QED) is 0.249. The highest BCUT2D eigenvalue weighted by molar-refractivity contribution is 7.89. The molecule has 0 saturated carbocycles. The number of aryl methyl sites for hydroxylation is 2. The normalized spacial score (nSPS) is 18.2. The number of rotatable bonds is 9. The van der Waals surface area contributed by atoms with E-state index in [1.807, 2.05) is 6.92 Å². The van der Waals surface area contributed by atoms with Gasteiger partial charge in [-0.3, -0.25) is 9.20 Å². The summed E-state index contributed by atoms with van der Waals surface area (Å²) in [6, 6.07) is 9.47. The van der Waals surface area contributed by atoms with Crippen LogP contribution in [0.4, 0.5) is 13.2 Å². The van der Waals surface area contributed by atoms with Crippen molar-refractivity contribution in [1.82, 2.24) is 23.9 Å². The van der Waals surface area contributed by atoms with E-state index in [1.165, 1.54) is 42.5 Å². The van der Waals surface area contributed by atoms with Gasteiger partial charge in [0.2, 0.25) is 27.6 Å². The Hall–Kier alpha value is -4.32. The zero-order valence-corrected chi connectivity index (χ0v) is 29.2. The molecule has 2 N–H and O–H groups in total. The minimum absolute atomic E-state index is 0.0280. The lowest BCUT2D eigenvalue weighted by molar-refractivity contribution is -0.147. The van der Waals surface area contributed by atoms with Gasteiger partial charge in [-0.2, -0.15) is 22.5 Å². The molecule has 3 aromatic heterocycles. The monoisotopic (exact) mass is 733 g/mol. The number of halogens is 3. The molecule has 274 valence electrons. The highest BCUT2D eigenvalue weighted by Crippen LogP contribution is 2.45. The number of aliphatic carboxylic acids is 1. The van der Waals surface area contributed by atoms with Gasteiger partial charge in [-0.05, 0) is 67.6 Å². The third-order valence-electron chi connectivity index (χ3n) is 9.70. The van der Waals surface area contributed by atoms with Gasteiger partial charge in [-0.25, -0.2) is 8.42 Å². The molecule has 1 spiro atoms. The summed E-state index contributed by atoms with van der Waals surface area (Å²) in [5.74, 6) is -3.25. The summed E-state index contributed by atoms with van der Waals surface area (Å²) in [5, 5.41) is 26.7. The topological polar surface area (TPSA) is 166 Å². The Morgan fingerprint density at radius 3 is 2.49 bits per heavy atom. The molecule has 0 unspecified atom stereocenters. The van der Waals surface area contributed by atoms with Gasteiger partial charge in [0.05, 0.1) is 31.8 Å². The minimum Gasteiger partial charge on any atom is -0.481 e. The molecule has 13 nitrogen and oxygen atoms in total. The van der Waals surface area contributed by atoms with Gasteiger partial charge >= 0.3 is 12.1 Å². The van der Waals surface area contributed by atoms with Crippen molar-refractivity contribution in [1.29, 1.82) is 0 Å². The second-order valence-electron chi connectivity index (χ2n) is 13.5. The number of ether oxygens (including phenoxy) is 3. The predicted molar refractivity (Wildman–Crippen MR) is 175 cm³/mol. The largest absolute Gasteiger partial charge is 0.481 e. The van der Waals surface area contributed by atoms with E-state index in [-0.39, 0.29) is 48.6 Å². The molecule has 4 aromatic rings. The Bertz CT molecular complexity index is 2080. The van der Waals surface area contributed by atoms with Crippen molar-refractivity contribution in [3.63, 3.8) is 0 Å². The van der Waals surface area contributed by atoms with Crippen molar-refractivity contribution in [2.45, 2.75) is 69.7 Å². The van der Waals surface area contributed by atoms with Crippen LogP contribution in [0, 0.1) is 19.3 Å². The summed E-state index contributed by atoms with van der Waals surface area (Å²) in [7, 11) is -4.22. The van der Waals surface area contributed by atoms with Crippen LogP contribution in [0.3, 0.4) is 0 Å². The van der Waals surface area contributed by atoms with E-state index in [0.29, 0.717) is 48.3 Å². The van der Waals surface area contributed by atoms with E-state index in [4.69, 9.17) is 14.2 Å². The third-order valence-corrected chi connectivity index (χ3v) is 11.5. The van der Waals surface area contributed by atoms with Gasteiger partial charge < -0.3 is 24.4 Å². The number of carbonyl (C=O) groups is 1. The zero-order valence-electron chi connectivity index (χ0n) is 28.4. The lowest BCUT2D eigenvalue weighted by atomic mass is 9.70. The summed E-state index contributed by atoms with van der Waals surface area (Å²) in [6.45, 7) is 6.69. The first-order valence-electron chi connectivity index (χ1n) is 16.2. The average Bonchev–Trinajstić information content (AvgIpc) is 3.49. The SMILES string of the molecule is Cc1ccc([C@@H](c2ccn3c(C(F)(F)F)nnc3c2C)C(C)(C)C(=O)O)cc1CN1CC2(CCOCC2)Oc2nc(OCCO)ccc2S1(=O)=O. The molecule has 1 aromatic carbocycles. The molecule has 6 rings (SSSR count). The molecule has 1 atom stereocenters. The first-order chi connectivity index (χ1) is 24.0. The molecular formula is C34H38F3N5O8S. The summed E-state index contributed by atoms with van der Waals surface area (Å²) in [4.78, 5) is 16.9. The van der Waals surface area contributed by atoms with E-state index < -0.39 is 44.9 Å². The van der Waals surface area contributed by atoms with Crippen LogP contribution < -0.4 is 9.47 Å². The van der Waals surface area contributed by atoms with Crippen molar-refractivity contribution in [2.24, 2.45) is 5.41 Å². The molecule has 51 heavy (non-hydrogen) atoms. The molecule has 1 saturated heterocycles. The number of hydrogen-bond acceptors (Lipinski definition) is 10. The Balaban J connectivity index is 1.44. The van der Waals surface area contributed by atoms with Crippen LogP contribution in [0.5, 0.6) is 11.8 Å². The van der Waals surface area contributed by atoms with E-state index >= 15 is 0 Å². The van der Waals surface area contributed by atoms with Crippen LogP contribution in [0.2, 0.25) is 0 Å². The molecule has 0 aliphatic carbocycles. The molecule has 0 radical (unpaired) electrons. The predicted octanol–water partition coefficient (Wildman–Crippen LogP) is 4.51. The van der Waals surface area contributed by atoms with Crippen LogP contribution in [0.25, 0.3) is 5.65 Å². The first kappa shape index (κ1) is 36.5. The Labute approximate surface area is 292 Å². The van der Waals surface area contributed by atoms with E-state index in [2.05, 4.69) is 15.2 Å². The molecule has 17 heteroatoms. The van der Waals surface area contributed by atoms with Crippen molar-refractivity contribution in [3.8, 4) is 11.8 Å². The smallest absolute Gasteiger partial charge is 0.452 e. The second kappa shape index (κ2) is 13.3. The van der Waals surface area contributed by atoms with Crippen LogP contribution in [-0.4, -0.2) is 87.1 Å². The van der Waals surface area contributed by atoms with Gasteiger partial charge in [0.1, 0.15) is 17.1 Å². The average molecular weight is 734 g/mol. The number of aliphatic hydroxyl groups excluding tert-OH is 1. The van der Waals surface area contributed by atoms with Crippen LogP contribution >= 0.6 is 0 Å². The fourth-order valence-corrected chi connectivity index (χ4v) is 8.32. The van der Waals surface area contributed by atoms with Crippen LogP contribution in [0.15, 0.2) is 47.5 Å². The number of hydrogen-bond donors (Lipinski definition) is 2. The summed E-state index contributed by atoms with van der Waals surface area (Å²) in [6.07, 6.45) is -2.80. The minimum atomic E-state index is -4.76. The number of benzene rings is 1. The third kappa shape index (κ3) is 6.74. The maximum Gasteiger partial charge on any atom is 0.452 e. The number of aromatic nitrogens is 4. The number of fused-ring (bicyclic) bond motifs is 2. The maximum absolute atomic E-state index is 14.3. The molecule has 5 heterocycles. The molecule has 0 amide bonds. The number of nitrogens with zero attached hydrogens (tertiary/aromatic N) is 5. The summed E-state index contributed by atoms with van der Waals surface area (Å²) in [5.41, 5.74) is 0.0814. The number of carboxylic acids is 1. The number of aliphatic hydroxyl groups is 1. The highest BCUT2D eigenvalue weighted by atomic mass is 32.2. The maximum atomic E-state index is 14.3. The summed E-state index contributed by atoms with van der Waals surface area (Å²) < 4.78 is 89.2. The van der Waals surface area contributed by atoms with Crippen molar-refractivity contribution in [3.05, 3.63) is 76.2 Å². The number of alkyl halides is 3. The van der Waals surface area contributed by atoms with Crippen molar-refractivity contribution in [2.75, 3.05) is 33.0 Å². The molecular weight excluding hydrogens is 695 g/mol. The molecule has 0 bridgehead atoms. The molecule has 2 aliphatic heterocycles. The van der Waals surface area contributed by atoms with Gasteiger partial charge in [0.25, 0.3) is 0 Å². The first-order valence-corrected chi connectivity index (χ1v) is 17.7. The zero-order chi connectivity index (χ0) is 36.9. The Kier molecular flexibility index (Phi) is 9.54.